The maximum Gasteiger partial charge on any atom is 0.205 e. The van der Waals surface area contributed by atoms with Gasteiger partial charge in [0.05, 0.1) is 32.1 Å². The van der Waals surface area contributed by atoms with E-state index in [2.05, 4.69) is 34.9 Å². The minimum atomic E-state index is -0.503. The van der Waals surface area contributed by atoms with Gasteiger partial charge in [-0.1, -0.05) is 12.2 Å². The number of anilines is 1. The zero-order valence-electron chi connectivity index (χ0n) is 18.5. The van der Waals surface area contributed by atoms with E-state index in [0.29, 0.717) is 30.9 Å². The molecule has 31 heavy (non-hydrogen) atoms. The van der Waals surface area contributed by atoms with E-state index in [9.17, 15) is 10.2 Å². The van der Waals surface area contributed by atoms with Crippen LogP contribution in [-0.2, 0) is 5.41 Å². The SMILES string of the molecule is COc1cc2c3c(c1OC)OCC(C)N3C1CC(O)C3(CCO)C=CCN4CCC21C43. The van der Waals surface area contributed by atoms with Gasteiger partial charge in [-0.05, 0) is 44.4 Å². The third kappa shape index (κ3) is 2.15. The lowest BCUT2D eigenvalue weighted by Gasteiger charge is -2.59. The zero-order chi connectivity index (χ0) is 21.5. The highest BCUT2D eigenvalue weighted by atomic mass is 16.5. The lowest BCUT2D eigenvalue weighted by atomic mass is 9.52. The van der Waals surface area contributed by atoms with Crippen molar-refractivity contribution in [2.75, 3.05) is 45.4 Å². The quantitative estimate of drug-likeness (QED) is 0.707. The highest BCUT2D eigenvalue weighted by molar-refractivity contribution is 5.81. The third-order valence-corrected chi connectivity index (χ3v) is 8.79. The molecule has 2 fully saturated rings. The summed E-state index contributed by atoms with van der Waals surface area (Å²) in [6.45, 7) is 4.73. The molecule has 0 aromatic heterocycles. The van der Waals surface area contributed by atoms with Gasteiger partial charge >= 0.3 is 0 Å². The molecule has 1 aliphatic carbocycles. The Hall–Kier alpha value is -1.96. The fraction of sp³-hybridized carbons (Fsp3) is 0.667. The second kappa shape index (κ2) is 6.53. The van der Waals surface area contributed by atoms with Gasteiger partial charge in [0.25, 0.3) is 0 Å². The van der Waals surface area contributed by atoms with Crippen molar-refractivity contribution in [3.05, 3.63) is 23.8 Å². The van der Waals surface area contributed by atoms with Crippen molar-refractivity contribution in [2.24, 2.45) is 5.41 Å². The first-order valence-electron chi connectivity index (χ1n) is 11.4. The van der Waals surface area contributed by atoms with E-state index in [-0.39, 0.29) is 30.1 Å². The summed E-state index contributed by atoms with van der Waals surface area (Å²) in [5.74, 6) is 2.11. The Kier molecular flexibility index (Phi) is 4.15. The molecule has 1 saturated heterocycles. The Morgan fingerprint density at radius 1 is 1.29 bits per heavy atom. The first kappa shape index (κ1) is 19.7. The van der Waals surface area contributed by atoms with Gasteiger partial charge in [-0.25, -0.2) is 0 Å². The molecule has 5 aliphatic rings. The predicted molar refractivity (Wildman–Crippen MR) is 116 cm³/mol. The van der Waals surface area contributed by atoms with Crippen molar-refractivity contribution in [3.63, 3.8) is 0 Å². The summed E-state index contributed by atoms with van der Waals surface area (Å²) in [4.78, 5) is 5.03. The summed E-state index contributed by atoms with van der Waals surface area (Å²) in [5, 5.41) is 21.6. The molecule has 2 N–H and O–H groups in total. The molecule has 1 saturated carbocycles. The van der Waals surface area contributed by atoms with Gasteiger partial charge in [-0.2, -0.15) is 0 Å². The van der Waals surface area contributed by atoms with Gasteiger partial charge in [0, 0.05) is 36.1 Å². The second-order valence-corrected chi connectivity index (χ2v) is 9.85. The summed E-state index contributed by atoms with van der Waals surface area (Å²) in [7, 11) is 3.33. The smallest absolute Gasteiger partial charge is 0.205 e. The number of rotatable bonds is 4. The molecule has 7 heteroatoms. The average Bonchev–Trinajstić information content (AvgIpc) is 3.30. The highest BCUT2D eigenvalue weighted by Gasteiger charge is 2.71. The van der Waals surface area contributed by atoms with E-state index in [1.165, 1.54) is 5.56 Å². The Morgan fingerprint density at radius 3 is 2.87 bits per heavy atom. The van der Waals surface area contributed by atoms with E-state index in [0.717, 1.165) is 30.9 Å². The molecule has 6 atom stereocenters. The van der Waals surface area contributed by atoms with Crippen molar-refractivity contribution >= 4 is 5.69 Å². The number of aliphatic hydroxyl groups is 2. The zero-order valence-corrected chi connectivity index (χ0v) is 18.5. The van der Waals surface area contributed by atoms with Gasteiger partial charge < -0.3 is 29.3 Å². The van der Waals surface area contributed by atoms with Crippen molar-refractivity contribution in [1.82, 2.24) is 4.90 Å². The molecule has 0 amide bonds. The van der Waals surface area contributed by atoms with Crippen LogP contribution in [0.4, 0.5) is 5.69 Å². The summed E-state index contributed by atoms with van der Waals surface area (Å²) >= 11 is 0. The number of hydrogen-bond acceptors (Lipinski definition) is 7. The lowest BCUT2D eigenvalue weighted by Crippen LogP contribution is -2.69. The van der Waals surface area contributed by atoms with E-state index in [1.54, 1.807) is 14.2 Å². The van der Waals surface area contributed by atoms with Crippen molar-refractivity contribution in [1.29, 1.82) is 0 Å². The molecule has 7 nitrogen and oxygen atoms in total. The van der Waals surface area contributed by atoms with Crippen LogP contribution in [-0.4, -0.2) is 79.9 Å². The second-order valence-electron chi connectivity index (χ2n) is 9.85. The minimum absolute atomic E-state index is 0.0692. The van der Waals surface area contributed by atoms with Crippen molar-refractivity contribution < 1.29 is 24.4 Å². The Bertz CT molecular complexity index is 950. The molecule has 0 radical (unpaired) electrons. The average molecular weight is 429 g/mol. The fourth-order valence-electron chi connectivity index (χ4n) is 7.79. The van der Waals surface area contributed by atoms with Crippen LogP contribution in [0.25, 0.3) is 0 Å². The molecule has 4 aliphatic heterocycles. The predicted octanol–water partition coefficient (Wildman–Crippen LogP) is 1.69. The maximum absolute atomic E-state index is 11.6. The van der Waals surface area contributed by atoms with Gasteiger partial charge in [-0.3, -0.25) is 4.90 Å². The van der Waals surface area contributed by atoms with Crippen molar-refractivity contribution in [3.8, 4) is 17.2 Å². The number of ether oxygens (including phenoxy) is 3. The highest BCUT2D eigenvalue weighted by Crippen LogP contribution is 2.68. The molecule has 0 bridgehead atoms. The first-order chi connectivity index (χ1) is 15.0. The topological polar surface area (TPSA) is 74.6 Å². The van der Waals surface area contributed by atoms with Crippen molar-refractivity contribution in [2.45, 2.75) is 55.8 Å². The number of benzene rings is 1. The van der Waals surface area contributed by atoms with Crippen LogP contribution in [0.5, 0.6) is 17.2 Å². The van der Waals surface area contributed by atoms with Gasteiger partial charge in [0.1, 0.15) is 6.61 Å². The van der Waals surface area contributed by atoms with Gasteiger partial charge in [0.15, 0.2) is 11.5 Å². The van der Waals surface area contributed by atoms with Crippen LogP contribution in [0.3, 0.4) is 0 Å². The fourth-order valence-corrected chi connectivity index (χ4v) is 7.79. The molecule has 1 spiro atoms. The summed E-state index contributed by atoms with van der Waals surface area (Å²) in [5.41, 5.74) is 1.78. The number of methoxy groups -OCH3 is 2. The van der Waals surface area contributed by atoms with Crippen LogP contribution < -0.4 is 19.1 Å². The maximum atomic E-state index is 11.6. The van der Waals surface area contributed by atoms with E-state index in [4.69, 9.17) is 14.2 Å². The van der Waals surface area contributed by atoms with Crippen LogP contribution in [0.2, 0.25) is 0 Å². The molecule has 4 heterocycles. The molecule has 168 valence electrons. The Labute approximate surface area is 183 Å². The lowest BCUT2D eigenvalue weighted by molar-refractivity contribution is -0.0801. The van der Waals surface area contributed by atoms with Gasteiger partial charge in [-0.15, -0.1) is 0 Å². The normalized spacial score (nSPS) is 39.6. The van der Waals surface area contributed by atoms with E-state index in [1.807, 2.05) is 0 Å². The summed E-state index contributed by atoms with van der Waals surface area (Å²) < 4.78 is 17.8. The Morgan fingerprint density at radius 2 is 2.13 bits per heavy atom. The van der Waals surface area contributed by atoms with Gasteiger partial charge in [0.2, 0.25) is 5.75 Å². The molecule has 1 aromatic carbocycles. The largest absolute Gasteiger partial charge is 0.493 e. The number of fused-ring (bicyclic) bond motifs is 1. The summed E-state index contributed by atoms with van der Waals surface area (Å²) in [6.07, 6.45) is 6.17. The monoisotopic (exact) mass is 428 g/mol. The third-order valence-electron chi connectivity index (χ3n) is 8.79. The molecular formula is C24H32N2O5. The standard InChI is InChI=1S/C24H32N2O5/c1-14-13-31-21-19-15(11-16(29-2)20(21)30-3)24-6-9-25-8-4-5-23(7-10-27,22(24)25)18(28)12-17(24)26(14)19/h4-5,11,14,17-18,22,27-28H,6-10,12-13H2,1-3H3. The van der Waals surface area contributed by atoms with Crippen LogP contribution in [0.15, 0.2) is 18.2 Å². The number of nitrogens with zero attached hydrogens (tertiary/aromatic N) is 2. The molecule has 1 aromatic rings. The summed E-state index contributed by atoms with van der Waals surface area (Å²) in [6, 6.07) is 2.68. The number of hydrogen-bond donors (Lipinski definition) is 2. The first-order valence-corrected chi connectivity index (χ1v) is 11.4. The van der Waals surface area contributed by atoms with E-state index >= 15 is 0 Å². The van der Waals surface area contributed by atoms with Crippen LogP contribution >= 0.6 is 0 Å². The van der Waals surface area contributed by atoms with Crippen LogP contribution in [0, 0.1) is 5.41 Å². The Balaban J connectivity index is 1.65. The molecule has 6 rings (SSSR count). The molecule has 6 unspecified atom stereocenters. The molecular weight excluding hydrogens is 396 g/mol. The van der Waals surface area contributed by atoms with Crippen LogP contribution in [0.1, 0.15) is 31.7 Å². The minimum Gasteiger partial charge on any atom is -0.493 e. The van der Waals surface area contributed by atoms with E-state index < -0.39 is 11.5 Å². The number of aliphatic hydroxyl groups excluding tert-OH is 2.